The van der Waals surface area contributed by atoms with E-state index in [9.17, 15) is 12.8 Å². The number of hydrogen-bond donors (Lipinski definition) is 0. The van der Waals surface area contributed by atoms with Gasteiger partial charge in [0.25, 0.3) is 0 Å². The molecule has 27 heavy (non-hydrogen) atoms. The molecule has 0 unspecified atom stereocenters. The lowest BCUT2D eigenvalue weighted by atomic mass is 10.1. The molecule has 2 aromatic carbocycles. The van der Waals surface area contributed by atoms with Crippen molar-refractivity contribution in [1.82, 2.24) is 4.98 Å². The number of aromatic nitrogens is 1. The van der Waals surface area contributed by atoms with Crippen LogP contribution < -0.4 is 4.90 Å². The maximum atomic E-state index is 14.0. The summed E-state index contributed by atoms with van der Waals surface area (Å²) >= 11 is 5.99. The van der Waals surface area contributed by atoms with Crippen LogP contribution in [0.4, 0.5) is 10.1 Å². The minimum atomic E-state index is -3.90. The number of benzene rings is 2. The molecule has 0 spiro atoms. The summed E-state index contributed by atoms with van der Waals surface area (Å²) in [6.07, 6.45) is 1.33. The predicted molar refractivity (Wildman–Crippen MR) is 102 cm³/mol. The highest BCUT2D eigenvalue weighted by molar-refractivity contribution is 7.91. The van der Waals surface area contributed by atoms with Crippen LogP contribution in [0.25, 0.3) is 10.9 Å². The van der Waals surface area contributed by atoms with E-state index in [1.807, 2.05) is 4.90 Å². The SMILES string of the molecule is O=S(=O)(c1cccc(Cl)c1)c1cnc2ccc(F)cc2c1N1CCOCC1. The molecule has 0 bridgehead atoms. The Hall–Kier alpha value is -2.22. The summed E-state index contributed by atoms with van der Waals surface area (Å²) in [6.45, 7) is 1.95. The molecule has 1 aliphatic rings. The van der Waals surface area contributed by atoms with E-state index < -0.39 is 15.7 Å². The van der Waals surface area contributed by atoms with Crippen LogP contribution in [-0.2, 0) is 14.6 Å². The lowest BCUT2D eigenvalue weighted by Gasteiger charge is -2.31. The Morgan fingerprint density at radius 1 is 1.11 bits per heavy atom. The second-order valence-electron chi connectivity index (χ2n) is 6.19. The summed E-state index contributed by atoms with van der Waals surface area (Å²) in [5, 5.41) is 0.781. The average Bonchev–Trinajstić information content (AvgIpc) is 2.67. The number of ether oxygens (including phenoxy) is 1. The first-order valence-electron chi connectivity index (χ1n) is 8.38. The maximum absolute atomic E-state index is 14.0. The first-order valence-corrected chi connectivity index (χ1v) is 10.2. The van der Waals surface area contributed by atoms with E-state index >= 15 is 0 Å². The van der Waals surface area contributed by atoms with Gasteiger partial charge in [-0.05, 0) is 36.4 Å². The van der Waals surface area contributed by atoms with Crippen LogP contribution in [0.5, 0.6) is 0 Å². The lowest BCUT2D eigenvalue weighted by Crippen LogP contribution is -2.37. The number of rotatable bonds is 3. The van der Waals surface area contributed by atoms with Gasteiger partial charge in [0, 0.05) is 29.7 Å². The first-order chi connectivity index (χ1) is 13.0. The van der Waals surface area contributed by atoms with Gasteiger partial charge in [0.1, 0.15) is 10.7 Å². The lowest BCUT2D eigenvalue weighted by molar-refractivity contribution is 0.122. The highest BCUT2D eigenvalue weighted by Crippen LogP contribution is 2.36. The zero-order chi connectivity index (χ0) is 19.0. The van der Waals surface area contributed by atoms with E-state index in [1.165, 1.54) is 30.5 Å². The summed E-state index contributed by atoms with van der Waals surface area (Å²) in [7, 11) is -3.90. The number of hydrogen-bond acceptors (Lipinski definition) is 5. The highest BCUT2D eigenvalue weighted by atomic mass is 35.5. The molecule has 0 saturated carbocycles. The Kier molecular flexibility index (Phi) is 4.75. The first kappa shape index (κ1) is 18.2. The Balaban J connectivity index is 1.99. The van der Waals surface area contributed by atoms with Crippen molar-refractivity contribution in [2.45, 2.75) is 9.79 Å². The monoisotopic (exact) mass is 406 g/mol. The summed E-state index contributed by atoms with van der Waals surface area (Å²) < 4.78 is 46.0. The largest absolute Gasteiger partial charge is 0.378 e. The van der Waals surface area contributed by atoms with Crippen molar-refractivity contribution in [3.05, 3.63) is 59.5 Å². The summed E-state index contributed by atoms with van der Waals surface area (Å²) in [4.78, 5) is 6.27. The van der Waals surface area contributed by atoms with Crippen LogP contribution in [0.15, 0.2) is 58.5 Å². The van der Waals surface area contributed by atoms with Gasteiger partial charge in [0.05, 0.1) is 29.3 Å². The van der Waals surface area contributed by atoms with Crippen molar-refractivity contribution < 1.29 is 17.5 Å². The van der Waals surface area contributed by atoms with E-state index in [4.69, 9.17) is 16.3 Å². The quantitative estimate of drug-likeness (QED) is 0.663. The van der Waals surface area contributed by atoms with E-state index in [0.717, 1.165) is 0 Å². The highest BCUT2D eigenvalue weighted by Gasteiger charge is 2.28. The molecule has 0 amide bonds. The molecule has 3 aromatic rings. The predicted octanol–water partition coefficient (Wildman–Crippen LogP) is 3.70. The number of fused-ring (bicyclic) bond motifs is 1. The Labute approximate surface area is 161 Å². The number of halogens is 2. The van der Waals surface area contributed by atoms with E-state index in [-0.39, 0.29) is 9.79 Å². The minimum Gasteiger partial charge on any atom is -0.378 e. The van der Waals surface area contributed by atoms with E-state index in [0.29, 0.717) is 47.9 Å². The molecule has 0 atom stereocenters. The van der Waals surface area contributed by atoms with Crippen molar-refractivity contribution in [2.75, 3.05) is 31.2 Å². The number of anilines is 1. The van der Waals surface area contributed by atoms with Gasteiger partial charge in [0.2, 0.25) is 9.84 Å². The third-order valence-electron chi connectivity index (χ3n) is 4.49. The summed E-state index contributed by atoms with van der Waals surface area (Å²) in [6, 6.07) is 10.3. The molecule has 0 radical (unpaired) electrons. The van der Waals surface area contributed by atoms with Gasteiger partial charge in [-0.15, -0.1) is 0 Å². The van der Waals surface area contributed by atoms with Gasteiger partial charge in [0.15, 0.2) is 0 Å². The molecule has 5 nitrogen and oxygen atoms in total. The van der Waals surface area contributed by atoms with Crippen LogP contribution in [0.2, 0.25) is 5.02 Å². The normalized spacial score (nSPS) is 15.3. The minimum absolute atomic E-state index is 0.0322. The summed E-state index contributed by atoms with van der Waals surface area (Å²) in [5.41, 5.74) is 0.978. The van der Waals surface area contributed by atoms with Crippen molar-refractivity contribution in [2.24, 2.45) is 0 Å². The molecular weight excluding hydrogens is 391 g/mol. The van der Waals surface area contributed by atoms with Crippen molar-refractivity contribution in [1.29, 1.82) is 0 Å². The fraction of sp³-hybridized carbons (Fsp3) is 0.211. The van der Waals surface area contributed by atoms with Gasteiger partial charge < -0.3 is 9.64 Å². The topological polar surface area (TPSA) is 59.5 Å². The molecular formula is C19H16ClFN2O3S. The van der Waals surface area contributed by atoms with Crippen LogP contribution in [0, 0.1) is 5.82 Å². The van der Waals surface area contributed by atoms with Gasteiger partial charge in [-0.3, -0.25) is 4.98 Å². The van der Waals surface area contributed by atoms with E-state index in [1.54, 1.807) is 18.2 Å². The molecule has 1 aliphatic heterocycles. The molecule has 4 rings (SSSR count). The zero-order valence-electron chi connectivity index (χ0n) is 14.2. The van der Waals surface area contributed by atoms with Crippen LogP contribution in [0.1, 0.15) is 0 Å². The van der Waals surface area contributed by atoms with Gasteiger partial charge in [-0.2, -0.15) is 0 Å². The molecule has 0 aliphatic carbocycles. The second kappa shape index (κ2) is 7.07. The van der Waals surface area contributed by atoms with Crippen molar-refractivity contribution in [3.63, 3.8) is 0 Å². The van der Waals surface area contributed by atoms with Crippen molar-refractivity contribution >= 4 is 38.0 Å². The third-order valence-corrected chi connectivity index (χ3v) is 6.48. The molecule has 0 N–H and O–H groups in total. The number of sulfone groups is 1. The summed E-state index contributed by atoms with van der Waals surface area (Å²) in [5.74, 6) is -0.448. The average molecular weight is 407 g/mol. The third kappa shape index (κ3) is 3.38. The van der Waals surface area contributed by atoms with Crippen LogP contribution in [-0.4, -0.2) is 39.7 Å². The van der Waals surface area contributed by atoms with Crippen LogP contribution >= 0.6 is 11.6 Å². The number of nitrogens with zero attached hydrogens (tertiary/aromatic N) is 2. The zero-order valence-corrected chi connectivity index (χ0v) is 15.8. The Morgan fingerprint density at radius 3 is 2.63 bits per heavy atom. The maximum Gasteiger partial charge on any atom is 0.210 e. The molecule has 8 heteroatoms. The fourth-order valence-electron chi connectivity index (χ4n) is 3.20. The van der Waals surface area contributed by atoms with E-state index in [2.05, 4.69) is 4.98 Å². The molecule has 1 aromatic heterocycles. The van der Waals surface area contributed by atoms with Crippen LogP contribution in [0.3, 0.4) is 0 Å². The molecule has 1 saturated heterocycles. The van der Waals surface area contributed by atoms with Crippen molar-refractivity contribution in [3.8, 4) is 0 Å². The fourth-order valence-corrected chi connectivity index (χ4v) is 4.94. The van der Waals surface area contributed by atoms with Gasteiger partial charge in [-0.1, -0.05) is 17.7 Å². The Morgan fingerprint density at radius 2 is 1.89 bits per heavy atom. The number of morpholine rings is 1. The standard InChI is InChI=1S/C19H16ClFN2O3S/c20-13-2-1-3-15(10-13)27(24,25)18-12-22-17-5-4-14(21)11-16(17)19(18)23-6-8-26-9-7-23/h1-5,10-12H,6-9H2. The second-order valence-corrected chi connectivity index (χ2v) is 8.55. The van der Waals surface area contributed by atoms with Gasteiger partial charge in [-0.25, -0.2) is 12.8 Å². The van der Waals surface area contributed by atoms with Gasteiger partial charge >= 0.3 is 0 Å². The number of pyridine rings is 1. The smallest absolute Gasteiger partial charge is 0.210 e. The molecule has 140 valence electrons. The molecule has 2 heterocycles. The molecule has 1 fully saturated rings. The Bertz CT molecular complexity index is 1120.